The van der Waals surface area contributed by atoms with Crippen molar-refractivity contribution in [1.82, 2.24) is 4.90 Å². The van der Waals surface area contributed by atoms with Gasteiger partial charge in [0.2, 0.25) is 0 Å². The Kier molecular flexibility index (Phi) is 2.28. The number of nitrogens with zero attached hydrogens (tertiary/aromatic N) is 2. The number of anilines is 1. The van der Waals surface area contributed by atoms with Gasteiger partial charge >= 0.3 is 0 Å². The number of nitrogens with one attached hydrogen (secondary N) is 1. The normalized spacial score (nSPS) is 36.8. The SMILES string of the molecule is CC=C1CN2CCC34C(=C(C#N)[C@H]1C[C@@H]23)Nc1ccccc14. The molecule has 5 rings (SSSR count). The Morgan fingerprint density at radius 2 is 2.27 bits per heavy atom. The first kappa shape index (κ1) is 12.5. The zero-order chi connectivity index (χ0) is 14.9. The number of allylic oxidation sites excluding steroid dienone is 2. The van der Waals surface area contributed by atoms with Crippen LogP contribution in [0.1, 0.15) is 25.3 Å². The molecule has 3 heteroatoms. The summed E-state index contributed by atoms with van der Waals surface area (Å²) >= 11 is 0. The zero-order valence-corrected chi connectivity index (χ0v) is 12.8. The minimum absolute atomic E-state index is 0.0391. The van der Waals surface area contributed by atoms with Crippen LogP contribution in [0.15, 0.2) is 47.2 Å². The van der Waals surface area contributed by atoms with Crippen LogP contribution in [0.2, 0.25) is 0 Å². The standard InChI is InChI=1S/C19H19N3/c1-2-12-11-22-8-7-19-15-5-3-4-6-16(15)21-18(19)14(10-20)13(12)9-17(19)22/h2-6,13,17,21H,7-9,11H2,1H3/t13-,17+,19?/m0/s1. The van der Waals surface area contributed by atoms with E-state index < -0.39 is 0 Å². The van der Waals surface area contributed by atoms with E-state index in [1.807, 2.05) is 0 Å². The van der Waals surface area contributed by atoms with E-state index in [4.69, 9.17) is 0 Å². The molecule has 0 saturated carbocycles. The van der Waals surface area contributed by atoms with Crippen LogP contribution in [-0.4, -0.2) is 24.0 Å². The number of hydrogen-bond donors (Lipinski definition) is 1. The fourth-order valence-electron chi connectivity index (χ4n) is 5.39. The lowest BCUT2D eigenvalue weighted by Gasteiger charge is -2.47. The summed E-state index contributed by atoms with van der Waals surface area (Å²) in [5.74, 6) is 0.319. The van der Waals surface area contributed by atoms with Gasteiger partial charge in [0.15, 0.2) is 0 Å². The number of rotatable bonds is 0. The summed E-state index contributed by atoms with van der Waals surface area (Å²) in [6, 6.07) is 11.8. The van der Waals surface area contributed by atoms with Gasteiger partial charge in [0, 0.05) is 36.4 Å². The van der Waals surface area contributed by atoms with Gasteiger partial charge in [-0.1, -0.05) is 29.8 Å². The summed E-state index contributed by atoms with van der Waals surface area (Å²) in [6.07, 6.45) is 4.46. The molecule has 0 aromatic heterocycles. The molecule has 3 aliphatic heterocycles. The minimum atomic E-state index is 0.0391. The molecule has 2 bridgehead atoms. The lowest BCUT2D eigenvalue weighted by Crippen LogP contribution is -2.52. The highest BCUT2D eigenvalue weighted by Crippen LogP contribution is 2.60. The number of fused-ring (bicyclic) bond motifs is 2. The fraction of sp³-hybridized carbons (Fsp3) is 0.421. The van der Waals surface area contributed by atoms with E-state index in [9.17, 15) is 5.26 Å². The molecule has 1 spiro atoms. The average Bonchev–Trinajstić information content (AvgIpc) is 3.11. The highest BCUT2D eigenvalue weighted by Gasteiger charge is 2.61. The van der Waals surface area contributed by atoms with E-state index >= 15 is 0 Å². The molecule has 3 atom stereocenters. The molecule has 22 heavy (non-hydrogen) atoms. The summed E-state index contributed by atoms with van der Waals surface area (Å²) in [6.45, 7) is 4.28. The van der Waals surface area contributed by atoms with Crippen molar-refractivity contribution in [3.8, 4) is 6.07 Å². The third-order valence-electron chi connectivity index (χ3n) is 6.32. The molecule has 3 nitrogen and oxygen atoms in total. The van der Waals surface area contributed by atoms with Crippen molar-refractivity contribution in [2.45, 2.75) is 31.2 Å². The second kappa shape index (κ2) is 4.02. The van der Waals surface area contributed by atoms with Gasteiger partial charge in [-0.3, -0.25) is 4.90 Å². The molecular weight excluding hydrogens is 270 g/mol. The zero-order valence-electron chi connectivity index (χ0n) is 12.8. The summed E-state index contributed by atoms with van der Waals surface area (Å²) < 4.78 is 0. The van der Waals surface area contributed by atoms with E-state index in [0.717, 1.165) is 31.5 Å². The van der Waals surface area contributed by atoms with Gasteiger partial charge in [0.05, 0.1) is 17.1 Å². The van der Waals surface area contributed by atoms with Crippen molar-refractivity contribution in [3.63, 3.8) is 0 Å². The van der Waals surface area contributed by atoms with E-state index in [0.29, 0.717) is 12.0 Å². The summed E-state index contributed by atoms with van der Waals surface area (Å²) in [7, 11) is 0. The second-order valence-corrected chi connectivity index (χ2v) is 6.93. The highest BCUT2D eigenvalue weighted by atomic mass is 15.2. The molecule has 3 heterocycles. The Labute approximate surface area is 130 Å². The van der Waals surface area contributed by atoms with Crippen molar-refractivity contribution < 1.29 is 0 Å². The first-order valence-electron chi connectivity index (χ1n) is 8.20. The molecule has 0 radical (unpaired) electrons. The molecule has 1 N–H and O–H groups in total. The molecule has 1 aromatic carbocycles. The average molecular weight is 289 g/mol. The minimum Gasteiger partial charge on any atom is -0.357 e. The lowest BCUT2D eigenvalue weighted by molar-refractivity contribution is 0.167. The predicted molar refractivity (Wildman–Crippen MR) is 86.2 cm³/mol. The molecule has 1 aromatic rings. The van der Waals surface area contributed by atoms with Crippen molar-refractivity contribution >= 4 is 5.69 Å². The number of para-hydroxylation sites is 1. The van der Waals surface area contributed by atoms with Crippen LogP contribution in [-0.2, 0) is 5.41 Å². The smallest absolute Gasteiger partial charge is 0.0972 e. The molecule has 1 unspecified atom stereocenters. The topological polar surface area (TPSA) is 39.1 Å². The first-order chi connectivity index (χ1) is 10.8. The summed E-state index contributed by atoms with van der Waals surface area (Å²) in [5.41, 5.74) is 6.28. The molecule has 2 fully saturated rings. The largest absolute Gasteiger partial charge is 0.357 e. The van der Waals surface area contributed by atoms with E-state index in [-0.39, 0.29) is 5.41 Å². The monoisotopic (exact) mass is 289 g/mol. The Bertz CT molecular complexity index is 782. The Balaban J connectivity index is 1.83. The second-order valence-electron chi connectivity index (χ2n) is 6.93. The lowest BCUT2D eigenvalue weighted by atomic mass is 9.62. The van der Waals surface area contributed by atoms with Crippen LogP contribution in [0.3, 0.4) is 0 Å². The maximum absolute atomic E-state index is 9.88. The van der Waals surface area contributed by atoms with Gasteiger partial charge in [-0.15, -0.1) is 0 Å². The number of benzene rings is 1. The Morgan fingerprint density at radius 3 is 3.09 bits per heavy atom. The molecule has 110 valence electrons. The summed E-state index contributed by atoms with van der Waals surface area (Å²) in [4.78, 5) is 2.64. The van der Waals surface area contributed by atoms with E-state index in [1.54, 1.807) is 0 Å². The predicted octanol–water partition coefficient (Wildman–Crippen LogP) is 3.18. The van der Waals surface area contributed by atoms with Crippen molar-refractivity contribution in [3.05, 3.63) is 52.7 Å². The van der Waals surface area contributed by atoms with Crippen LogP contribution in [0.25, 0.3) is 0 Å². The number of hydrogen-bond acceptors (Lipinski definition) is 3. The van der Waals surface area contributed by atoms with Crippen molar-refractivity contribution in [1.29, 1.82) is 5.26 Å². The van der Waals surface area contributed by atoms with Crippen LogP contribution in [0, 0.1) is 17.2 Å². The van der Waals surface area contributed by atoms with Gasteiger partial charge in [0.25, 0.3) is 0 Å². The van der Waals surface area contributed by atoms with Gasteiger partial charge in [-0.05, 0) is 31.4 Å². The highest BCUT2D eigenvalue weighted by molar-refractivity contribution is 5.73. The van der Waals surface area contributed by atoms with Gasteiger partial charge in [-0.25, -0.2) is 0 Å². The Hall–Kier alpha value is -2.05. The van der Waals surface area contributed by atoms with Crippen LogP contribution in [0.4, 0.5) is 5.69 Å². The molecule has 1 aliphatic carbocycles. The van der Waals surface area contributed by atoms with E-state index in [1.165, 1.54) is 22.5 Å². The van der Waals surface area contributed by atoms with Crippen LogP contribution >= 0.6 is 0 Å². The maximum Gasteiger partial charge on any atom is 0.0972 e. The summed E-state index contributed by atoms with van der Waals surface area (Å²) in [5, 5.41) is 13.5. The van der Waals surface area contributed by atoms with Crippen molar-refractivity contribution in [2.24, 2.45) is 5.92 Å². The van der Waals surface area contributed by atoms with Gasteiger partial charge in [0.1, 0.15) is 0 Å². The number of piperidine rings is 1. The van der Waals surface area contributed by atoms with Crippen molar-refractivity contribution in [2.75, 3.05) is 18.4 Å². The van der Waals surface area contributed by atoms with Gasteiger partial charge < -0.3 is 5.32 Å². The molecule has 4 aliphatic rings. The van der Waals surface area contributed by atoms with E-state index in [2.05, 4.69) is 53.6 Å². The fourth-order valence-corrected chi connectivity index (χ4v) is 5.39. The Morgan fingerprint density at radius 1 is 1.41 bits per heavy atom. The quantitative estimate of drug-likeness (QED) is 0.746. The molecule has 2 saturated heterocycles. The molecular formula is C19H19N3. The molecule has 0 amide bonds. The van der Waals surface area contributed by atoms with Crippen LogP contribution < -0.4 is 5.32 Å². The maximum atomic E-state index is 9.88. The van der Waals surface area contributed by atoms with Gasteiger partial charge in [-0.2, -0.15) is 5.26 Å². The third-order valence-corrected chi connectivity index (χ3v) is 6.32. The van der Waals surface area contributed by atoms with Crippen LogP contribution in [0.5, 0.6) is 0 Å². The number of nitriles is 1. The third kappa shape index (κ3) is 1.22. The first-order valence-corrected chi connectivity index (χ1v) is 8.20.